The van der Waals surface area contributed by atoms with Gasteiger partial charge < -0.3 is 9.67 Å². The molecule has 3 rings (SSSR count). The molecule has 3 nitrogen and oxygen atoms in total. The molecule has 3 aromatic rings. The summed E-state index contributed by atoms with van der Waals surface area (Å²) >= 11 is 0. The molecule has 96 valence electrons. The maximum Gasteiger partial charge on any atom is 0.125 e. The summed E-state index contributed by atoms with van der Waals surface area (Å²) in [6.07, 6.45) is 0.646. The van der Waals surface area contributed by atoms with Crippen LogP contribution >= 0.6 is 0 Å². The van der Waals surface area contributed by atoms with Crippen molar-refractivity contribution in [1.29, 1.82) is 0 Å². The Hall–Kier alpha value is -2.36. The number of fused-ring (bicyclic) bond motifs is 1. The summed E-state index contributed by atoms with van der Waals surface area (Å²) in [7, 11) is 1.88. The quantitative estimate of drug-likeness (QED) is 0.765. The van der Waals surface area contributed by atoms with Crippen molar-refractivity contribution in [3.63, 3.8) is 0 Å². The van der Waals surface area contributed by atoms with E-state index in [1.165, 1.54) is 12.1 Å². The van der Waals surface area contributed by atoms with Crippen molar-refractivity contribution in [3.05, 3.63) is 59.7 Å². The van der Waals surface area contributed by atoms with Crippen LogP contribution in [-0.4, -0.2) is 14.7 Å². The Morgan fingerprint density at radius 1 is 1.16 bits per heavy atom. The first-order valence-corrected chi connectivity index (χ1v) is 6.02. The number of phenolic OH excluding ortho intramolecular Hbond substituents is 1. The van der Waals surface area contributed by atoms with E-state index in [9.17, 15) is 9.50 Å². The number of aromatic hydroxyl groups is 1. The average Bonchev–Trinajstić information content (AvgIpc) is 2.70. The van der Waals surface area contributed by atoms with Crippen LogP contribution in [0.4, 0.5) is 4.39 Å². The Kier molecular flexibility index (Phi) is 2.71. The van der Waals surface area contributed by atoms with E-state index in [2.05, 4.69) is 4.98 Å². The van der Waals surface area contributed by atoms with E-state index in [0.29, 0.717) is 6.42 Å². The molecule has 0 bridgehead atoms. The second kappa shape index (κ2) is 4.39. The number of nitrogens with zero attached hydrogens (tertiary/aromatic N) is 2. The van der Waals surface area contributed by atoms with Gasteiger partial charge in [-0.3, -0.25) is 0 Å². The number of aryl methyl sites for hydroxylation is 1. The lowest BCUT2D eigenvalue weighted by atomic mass is 10.1. The van der Waals surface area contributed by atoms with Crippen LogP contribution in [0.15, 0.2) is 42.5 Å². The van der Waals surface area contributed by atoms with Crippen LogP contribution in [0.3, 0.4) is 0 Å². The van der Waals surface area contributed by atoms with Gasteiger partial charge in [-0.2, -0.15) is 0 Å². The summed E-state index contributed by atoms with van der Waals surface area (Å²) in [5, 5.41) is 9.26. The number of hydrogen-bond donors (Lipinski definition) is 1. The van der Waals surface area contributed by atoms with Crippen molar-refractivity contribution in [3.8, 4) is 5.75 Å². The molecule has 0 saturated carbocycles. The van der Waals surface area contributed by atoms with Crippen molar-refractivity contribution >= 4 is 11.0 Å². The van der Waals surface area contributed by atoms with Crippen LogP contribution in [0.1, 0.15) is 11.4 Å². The van der Waals surface area contributed by atoms with Crippen LogP contribution in [0.5, 0.6) is 5.75 Å². The Labute approximate surface area is 109 Å². The number of halogens is 1. The molecule has 2 aromatic carbocycles. The lowest BCUT2D eigenvalue weighted by molar-refractivity contribution is 0.475. The standard InChI is InChI=1S/C15H13FN2O/c1-18-14-9-11(16)4-7-13(14)17-15(18)8-10-2-5-12(19)6-3-10/h2-7,9,19H,8H2,1H3. The average molecular weight is 256 g/mol. The minimum absolute atomic E-state index is 0.246. The molecule has 0 saturated heterocycles. The molecule has 0 aliphatic carbocycles. The Bertz CT molecular complexity index is 732. The molecule has 4 heteroatoms. The third kappa shape index (κ3) is 2.17. The van der Waals surface area contributed by atoms with E-state index < -0.39 is 0 Å². The summed E-state index contributed by atoms with van der Waals surface area (Å²) in [4.78, 5) is 4.50. The molecule has 0 aliphatic rings. The summed E-state index contributed by atoms with van der Waals surface area (Å²) in [5.41, 5.74) is 2.63. The highest BCUT2D eigenvalue weighted by Crippen LogP contribution is 2.19. The van der Waals surface area contributed by atoms with E-state index in [1.807, 2.05) is 23.7 Å². The maximum atomic E-state index is 13.2. The molecular formula is C15H13FN2O. The smallest absolute Gasteiger partial charge is 0.125 e. The van der Waals surface area contributed by atoms with Gasteiger partial charge in [0.15, 0.2) is 0 Å². The summed E-state index contributed by atoms with van der Waals surface area (Å²) in [6.45, 7) is 0. The molecule has 0 fully saturated rings. The molecule has 0 amide bonds. The van der Waals surface area contributed by atoms with Crippen molar-refractivity contribution in [2.45, 2.75) is 6.42 Å². The minimum Gasteiger partial charge on any atom is -0.508 e. The fourth-order valence-corrected chi connectivity index (χ4v) is 2.17. The summed E-state index contributed by atoms with van der Waals surface area (Å²) < 4.78 is 15.1. The molecule has 1 heterocycles. The first kappa shape index (κ1) is 11.7. The van der Waals surface area contributed by atoms with Gasteiger partial charge in [-0.15, -0.1) is 0 Å². The monoisotopic (exact) mass is 256 g/mol. The third-order valence-corrected chi connectivity index (χ3v) is 3.23. The normalized spacial score (nSPS) is 11.1. The highest BCUT2D eigenvalue weighted by atomic mass is 19.1. The van der Waals surface area contributed by atoms with Gasteiger partial charge >= 0.3 is 0 Å². The van der Waals surface area contributed by atoms with Gasteiger partial charge in [0.2, 0.25) is 0 Å². The topological polar surface area (TPSA) is 38.0 Å². The van der Waals surface area contributed by atoms with Gasteiger partial charge in [0.25, 0.3) is 0 Å². The zero-order valence-electron chi connectivity index (χ0n) is 10.5. The number of phenols is 1. The number of imidazole rings is 1. The van der Waals surface area contributed by atoms with E-state index in [4.69, 9.17) is 0 Å². The summed E-state index contributed by atoms with van der Waals surface area (Å²) in [6, 6.07) is 11.6. The van der Waals surface area contributed by atoms with Crippen molar-refractivity contribution in [2.24, 2.45) is 7.05 Å². The van der Waals surface area contributed by atoms with Crippen molar-refractivity contribution in [1.82, 2.24) is 9.55 Å². The van der Waals surface area contributed by atoms with Crippen LogP contribution in [0.25, 0.3) is 11.0 Å². The van der Waals surface area contributed by atoms with E-state index in [-0.39, 0.29) is 11.6 Å². The molecular weight excluding hydrogens is 243 g/mol. The predicted octanol–water partition coefficient (Wildman–Crippen LogP) is 3.01. The van der Waals surface area contributed by atoms with Crippen LogP contribution < -0.4 is 0 Å². The molecule has 0 aliphatic heterocycles. The fraction of sp³-hybridized carbons (Fsp3) is 0.133. The minimum atomic E-state index is -0.258. The van der Waals surface area contributed by atoms with Gasteiger partial charge in [-0.25, -0.2) is 9.37 Å². The fourth-order valence-electron chi connectivity index (χ4n) is 2.17. The number of aromatic nitrogens is 2. The van der Waals surface area contributed by atoms with Gasteiger partial charge in [0.1, 0.15) is 17.4 Å². The highest BCUT2D eigenvalue weighted by Gasteiger charge is 2.09. The second-order valence-corrected chi connectivity index (χ2v) is 4.56. The molecule has 0 radical (unpaired) electrons. The Balaban J connectivity index is 2.01. The number of hydrogen-bond acceptors (Lipinski definition) is 2. The zero-order chi connectivity index (χ0) is 13.4. The van der Waals surface area contributed by atoms with Gasteiger partial charge in [0, 0.05) is 13.5 Å². The first-order chi connectivity index (χ1) is 9.13. The van der Waals surface area contributed by atoms with E-state index >= 15 is 0 Å². The van der Waals surface area contributed by atoms with Crippen LogP contribution in [0.2, 0.25) is 0 Å². The van der Waals surface area contributed by atoms with Gasteiger partial charge in [-0.1, -0.05) is 12.1 Å². The predicted molar refractivity (Wildman–Crippen MR) is 71.6 cm³/mol. The number of rotatable bonds is 2. The van der Waals surface area contributed by atoms with E-state index in [1.54, 1.807) is 18.2 Å². The van der Waals surface area contributed by atoms with Crippen LogP contribution in [-0.2, 0) is 13.5 Å². The molecule has 0 atom stereocenters. The lowest BCUT2D eigenvalue weighted by Crippen LogP contribution is -1.98. The summed E-state index contributed by atoms with van der Waals surface area (Å²) in [5.74, 6) is 0.855. The Morgan fingerprint density at radius 2 is 1.89 bits per heavy atom. The molecule has 0 spiro atoms. The van der Waals surface area contributed by atoms with Crippen molar-refractivity contribution in [2.75, 3.05) is 0 Å². The SMILES string of the molecule is Cn1c(Cc2ccc(O)cc2)nc2ccc(F)cc21. The van der Waals surface area contributed by atoms with Gasteiger partial charge in [0.05, 0.1) is 11.0 Å². The zero-order valence-corrected chi connectivity index (χ0v) is 10.5. The van der Waals surface area contributed by atoms with Crippen molar-refractivity contribution < 1.29 is 9.50 Å². The molecule has 1 N–H and O–H groups in total. The maximum absolute atomic E-state index is 13.2. The first-order valence-electron chi connectivity index (χ1n) is 6.02. The Morgan fingerprint density at radius 3 is 2.63 bits per heavy atom. The van der Waals surface area contributed by atoms with Crippen LogP contribution in [0, 0.1) is 5.82 Å². The third-order valence-electron chi connectivity index (χ3n) is 3.23. The van der Waals surface area contributed by atoms with Gasteiger partial charge in [-0.05, 0) is 35.9 Å². The molecule has 1 aromatic heterocycles. The second-order valence-electron chi connectivity index (χ2n) is 4.56. The largest absolute Gasteiger partial charge is 0.508 e. The molecule has 0 unspecified atom stereocenters. The lowest BCUT2D eigenvalue weighted by Gasteiger charge is -2.03. The highest BCUT2D eigenvalue weighted by molar-refractivity contribution is 5.76. The van der Waals surface area contributed by atoms with E-state index in [0.717, 1.165) is 22.4 Å². The molecule has 19 heavy (non-hydrogen) atoms. The number of benzene rings is 2.